The van der Waals surface area contributed by atoms with Crippen LogP contribution in [0.4, 0.5) is 10.2 Å². The fraction of sp³-hybridized carbons (Fsp3) is 0.318. The predicted octanol–water partition coefficient (Wildman–Crippen LogP) is 2.74. The van der Waals surface area contributed by atoms with Crippen LogP contribution < -0.4 is 15.5 Å². The molecule has 2 N–H and O–H groups in total. The lowest BCUT2D eigenvalue weighted by atomic mass is 10.2. The number of anilines is 1. The average Bonchev–Trinajstić information content (AvgIpc) is 3.45. The molecule has 30 heavy (non-hydrogen) atoms. The number of halogens is 1. The van der Waals surface area contributed by atoms with Crippen molar-refractivity contribution in [3.05, 3.63) is 72.4 Å². The van der Waals surface area contributed by atoms with Gasteiger partial charge in [0.1, 0.15) is 0 Å². The van der Waals surface area contributed by atoms with Gasteiger partial charge >= 0.3 is 0 Å². The Morgan fingerprint density at radius 1 is 1.20 bits per heavy atom. The first-order valence-electron chi connectivity index (χ1n) is 10.2. The summed E-state index contributed by atoms with van der Waals surface area (Å²) in [5, 5.41) is 11.0. The molecule has 1 aliphatic rings. The summed E-state index contributed by atoms with van der Waals surface area (Å²) in [6.45, 7) is 4.84. The van der Waals surface area contributed by atoms with Gasteiger partial charge in [-0.3, -0.25) is 0 Å². The highest BCUT2D eigenvalue weighted by atomic mass is 19.1. The molecule has 0 spiro atoms. The van der Waals surface area contributed by atoms with Gasteiger partial charge < -0.3 is 15.5 Å². The minimum absolute atomic E-state index is 0.186. The van der Waals surface area contributed by atoms with Crippen LogP contribution in [0.15, 0.2) is 66.0 Å². The molecule has 8 heteroatoms. The summed E-state index contributed by atoms with van der Waals surface area (Å²) >= 11 is 0. The minimum Gasteiger partial charge on any atom is -0.357 e. The molecule has 3 heterocycles. The zero-order chi connectivity index (χ0) is 20.8. The maximum atomic E-state index is 14.0. The van der Waals surface area contributed by atoms with Crippen molar-refractivity contribution in [1.82, 2.24) is 25.4 Å². The van der Waals surface area contributed by atoms with Crippen molar-refractivity contribution in [3.63, 3.8) is 0 Å². The Morgan fingerprint density at radius 2 is 2.07 bits per heavy atom. The van der Waals surface area contributed by atoms with Gasteiger partial charge in [0.25, 0.3) is 0 Å². The smallest absolute Gasteiger partial charge is 0.191 e. The number of benzene rings is 1. The fourth-order valence-electron chi connectivity index (χ4n) is 3.54. The number of pyridine rings is 1. The Labute approximate surface area is 175 Å². The van der Waals surface area contributed by atoms with Gasteiger partial charge in [-0.15, -0.1) is 0 Å². The molecule has 1 fully saturated rings. The number of aromatic nitrogens is 3. The van der Waals surface area contributed by atoms with Gasteiger partial charge in [0.05, 0.1) is 12.2 Å². The van der Waals surface area contributed by atoms with E-state index in [9.17, 15) is 4.39 Å². The molecule has 0 bridgehead atoms. The second-order valence-corrected chi connectivity index (χ2v) is 7.20. The van der Waals surface area contributed by atoms with E-state index in [-0.39, 0.29) is 11.9 Å². The van der Waals surface area contributed by atoms with Crippen LogP contribution in [0.3, 0.4) is 0 Å². The lowest BCUT2D eigenvalue weighted by molar-refractivity contribution is 0.612. The number of hydrogen-bond donors (Lipinski definition) is 2. The molecule has 7 nitrogen and oxygen atoms in total. The summed E-state index contributed by atoms with van der Waals surface area (Å²) in [4.78, 5) is 10.9. The molecule has 1 aromatic carbocycles. The van der Waals surface area contributed by atoms with E-state index in [4.69, 9.17) is 4.99 Å². The van der Waals surface area contributed by atoms with Crippen LogP contribution >= 0.6 is 0 Å². The number of guanidine groups is 1. The van der Waals surface area contributed by atoms with Gasteiger partial charge in [-0.1, -0.05) is 12.1 Å². The van der Waals surface area contributed by atoms with Crippen LogP contribution in [-0.4, -0.2) is 46.4 Å². The van der Waals surface area contributed by atoms with E-state index >= 15 is 0 Å². The average molecular weight is 407 g/mol. The molecule has 0 aliphatic carbocycles. The third-order valence-electron chi connectivity index (χ3n) is 5.04. The number of rotatable bonds is 6. The van der Waals surface area contributed by atoms with E-state index < -0.39 is 0 Å². The zero-order valence-electron chi connectivity index (χ0n) is 17.0. The van der Waals surface area contributed by atoms with Crippen LogP contribution in [0.25, 0.3) is 5.69 Å². The first-order valence-corrected chi connectivity index (χ1v) is 10.2. The summed E-state index contributed by atoms with van der Waals surface area (Å²) in [5.41, 5.74) is 2.14. The maximum Gasteiger partial charge on any atom is 0.191 e. The quantitative estimate of drug-likeness (QED) is 0.486. The number of hydrogen-bond acceptors (Lipinski definition) is 4. The Balaban J connectivity index is 1.37. The molecule has 0 saturated carbocycles. The first-order chi connectivity index (χ1) is 14.7. The SMILES string of the molecule is CCNC(=NCc1ccc(-n2cccn2)cc1)NC1CCN(c2ncccc2F)C1. The second kappa shape index (κ2) is 9.39. The Kier molecular flexibility index (Phi) is 6.22. The van der Waals surface area contributed by atoms with Gasteiger partial charge in [0.2, 0.25) is 0 Å². The molecular formula is C22H26FN7. The molecule has 0 amide bonds. The molecule has 3 aromatic rings. The second-order valence-electron chi connectivity index (χ2n) is 7.20. The molecular weight excluding hydrogens is 381 g/mol. The summed E-state index contributed by atoms with van der Waals surface area (Å²) < 4.78 is 15.8. The molecule has 1 atom stereocenters. The lowest BCUT2D eigenvalue weighted by Crippen LogP contribution is -2.44. The van der Waals surface area contributed by atoms with Crippen molar-refractivity contribution in [2.24, 2.45) is 4.99 Å². The minimum atomic E-state index is -0.280. The van der Waals surface area contributed by atoms with E-state index in [1.165, 1.54) is 6.07 Å². The van der Waals surface area contributed by atoms with Crippen molar-refractivity contribution >= 4 is 11.8 Å². The largest absolute Gasteiger partial charge is 0.357 e. The van der Waals surface area contributed by atoms with Crippen LogP contribution in [0.1, 0.15) is 18.9 Å². The van der Waals surface area contributed by atoms with Gasteiger partial charge in [-0.05, 0) is 49.2 Å². The molecule has 156 valence electrons. The van der Waals surface area contributed by atoms with Gasteiger partial charge in [0.15, 0.2) is 17.6 Å². The van der Waals surface area contributed by atoms with E-state index in [2.05, 4.69) is 32.8 Å². The summed E-state index contributed by atoms with van der Waals surface area (Å²) in [6.07, 6.45) is 6.21. The van der Waals surface area contributed by atoms with Crippen molar-refractivity contribution in [2.75, 3.05) is 24.5 Å². The van der Waals surface area contributed by atoms with Crippen molar-refractivity contribution in [3.8, 4) is 5.69 Å². The number of nitrogens with zero attached hydrogens (tertiary/aromatic N) is 5. The van der Waals surface area contributed by atoms with Crippen molar-refractivity contribution in [1.29, 1.82) is 0 Å². The first kappa shape index (κ1) is 19.9. The number of aliphatic imine (C=N–C) groups is 1. The standard InChI is InChI=1S/C22H26FN7/c1-2-24-22(26-15-17-6-8-19(9-7-17)30-13-4-12-27-30)28-18-10-14-29(16-18)21-20(23)5-3-11-25-21/h3-9,11-13,18H,2,10,14-16H2,1H3,(H2,24,26,28). The van der Waals surface area contributed by atoms with Crippen LogP contribution in [0, 0.1) is 5.82 Å². The highest BCUT2D eigenvalue weighted by Crippen LogP contribution is 2.20. The predicted molar refractivity (Wildman–Crippen MR) is 116 cm³/mol. The maximum absolute atomic E-state index is 14.0. The van der Waals surface area contributed by atoms with E-state index in [1.807, 2.05) is 40.9 Å². The van der Waals surface area contributed by atoms with Gasteiger partial charge in [-0.25, -0.2) is 19.0 Å². The lowest BCUT2D eigenvalue weighted by Gasteiger charge is -2.20. The zero-order valence-corrected chi connectivity index (χ0v) is 17.0. The van der Waals surface area contributed by atoms with Gasteiger partial charge in [0, 0.05) is 44.3 Å². The van der Waals surface area contributed by atoms with Crippen LogP contribution in [0.5, 0.6) is 0 Å². The summed E-state index contributed by atoms with van der Waals surface area (Å²) in [7, 11) is 0. The molecule has 0 radical (unpaired) electrons. The highest BCUT2D eigenvalue weighted by Gasteiger charge is 2.25. The Bertz CT molecular complexity index is 969. The van der Waals surface area contributed by atoms with Crippen molar-refractivity contribution < 1.29 is 4.39 Å². The monoisotopic (exact) mass is 407 g/mol. The summed E-state index contributed by atoms with van der Waals surface area (Å²) in [6, 6.07) is 13.3. The third kappa shape index (κ3) is 4.76. The van der Waals surface area contributed by atoms with Gasteiger partial charge in [-0.2, -0.15) is 5.10 Å². The molecule has 1 unspecified atom stereocenters. The fourth-order valence-corrected chi connectivity index (χ4v) is 3.54. The Hall–Kier alpha value is -3.42. The molecule has 2 aromatic heterocycles. The molecule has 1 aliphatic heterocycles. The highest BCUT2D eigenvalue weighted by molar-refractivity contribution is 5.80. The summed E-state index contributed by atoms with van der Waals surface area (Å²) in [5.74, 6) is 0.903. The van der Waals surface area contributed by atoms with Crippen LogP contribution in [-0.2, 0) is 6.54 Å². The normalized spacial score (nSPS) is 16.7. The van der Waals surface area contributed by atoms with E-state index in [0.29, 0.717) is 18.9 Å². The molecule has 4 rings (SSSR count). The number of nitrogens with one attached hydrogen (secondary N) is 2. The van der Waals surface area contributed by atoms with Crippen LogP contribution in [0.2, 0.25) is 0 Å². The van der Waals surface area contributed by atoms with E-state index in [1.54, 1.807) is 18.5 Å². The van der Waals surface area contributed by atoms with E-state index in [0.717, 1.165) is 36.7 Å². The Morgan fingerprint density at radius 3 is 2.80 bits per heavy atom. The third-order valence-corrected chi connectivity index (χ3v) is 5.04. The molecule has 1 saturated heterocycles. The topological polar surface area (TPSA) is 70.4 Å². The van der Waals surface area contributed by atoms with Crippen molar-refractivity contribution in [2.45, 2.75) is 25.9 Å².